The lowest BCUT2D eigenvalue weighted by atomic mass is 10.1. The molecule has 0 unspecified atom stereocenters. The number of nitrogens with zero attached hydrogens (tertiary/aromatic N) is 1. The number of rotatable bonds is 8. The molecule has 1 aromatic carbocycles. The molecular weight excluding hydrogens is 322 g/mol. The van der Waals surface area contributed by atoms with Crippen LogP contribution < -0.4 is 20.1 Å². The summed E-state index contributed by atoms with van der Waals surface area (Å²) in [5.74, 6) is 2.34. The molecule has 0 aliphatic carbocycles. The monoisotopic (exact) mass is 347 g/mol. The number of aliphatic imine (C=N–C) groups is 1. The summed E-state index contributed by atoms with van der Waals surface area (Å²) < 4.78 is 10.6. The molecule has 0 spiro atoms. The summed E-state index contributed by atoms with van der Waals surface area (Å²) in [5.41, 5.74) is 2.42. The van der Waals surface area contributed by atoms with Crippen molar-refractivity contribution in [2.24, 2.45) is 4.99 Å². The molecule has 2 rings (SSSR count). The summed E-state index contributed by atoms with van der Waals surface area (Å²) in [6.45, 7) is 4.39. The van der Waals surface area contributed by atoms with Gasteiger partial charge in [-0.05, 0) is 53.4 Å². The Kier molecular flexibility index (Phi) is 7.42. The van der Waals surface area contributed by atoms with Crippen molar-refractivity contribution in [1.29, 1.82) is 0 Å². The number of nitrogens with one attached hydrogen (secondary N) is 2. The highest BCUT2D eigenvalue weighted by Gasteiger charge is 2.05. The Morgan fingerprint density at radius 1 is 1.08 bits per heavy atom. The highest BCUT2D eigenvalue weighted by molar-refractivity contribution is 7.07. The predicted octanol–water partition coefficient (Wildman–Crippen LogP) is 3.06. The zero-order chi connectivity index (χ0) is 17.2. The fraction of sp³-hybridized carbons (Fsp3) is 0.389. The van der Waals surface area contributed by atoms with Gasteiger partial charge in [0.1, 0.15) is 0 Å². The summed E-state index contributed by atoms with van der Waals surface area (Å²) >= 11 is 1.69. The molecule has 5 nitrogen and oxygen atoms in total. The zero-order valence-electron chi connectivity index (χ0n) is 14.5. The number of methoxy groups -OCH3 is 2. The van der Waals surface area contributed by atoms with Gasteiger partial charge >= 0.3 is 0 Å². The van der Waals surface area contributed by atoms with Gasteiger partial charge in [-0.1, -0.05) is 6.07 Å². The van der Waals surface area contributed by atoms with Crippen LogP contribution in [-0.2, 0) is 13.0 Å². The quantitative estimate of drug-likeness (QED) is 0.569. The van der Waals surface area contributed by atoms with E-state index in [-0.39, 0.29) is 0 Å². The molecule has 0 fully saturated rings. The van der Waals surface area contributed by atoms with Crippen molar-refractivity contribution in [3.8, 4) is 11.5 Å². The minimum absolute atomic E-state index is 0.690. The fourth-order valence-electron chi connectivity index (χ4n) is 2.26. The molecular formula is C18H25N3O2S. The second-order valence-corrected chi connectivity index (χ2v) is 5.97. The van der Waals surface area contributed by atoms with Gasteiger partial charge in [-0.15, -0.1) is 0 Å². The van der Waals surface area contributed by atoms with Crippen LogP contribution in [0.5, 0.6) is 11.5 Å². The van der Waals surface area contributed by atoms with Crippen LogP contribution in [0.2, 0.25) is 0 Å². The third kappa shape index (κ3) is 5.45. The Balaban J connectivity index is 1.89. The van der Waals surface area contributed by atoms with Crippen LogP contribution in [0.3, 0.4) is 0 Å². The molecule has 0 aliphatic heterocycles. The van der Waals surface area contributed by atoms with Gasteiger partial charge < -0.3 is 20.1 Å². The SMILES string of the molecule is CCNC(=NCc1ccsc1)NCCc1ccc(OC)c(OC)c1. The maximum Gasteiger partial charge on any atom is 0.191 e. The van der Waals surface area contributed by atoms with E-state index in [4.69, 9.17) is 9.47 Å². The molecule has 0 radical (unpaired) electrons. The van der Waals surface area contributed by atoms with Gasteiger partial charge in [0.2, 0.25) is 0 Å². The first kappa shape index (κ1) is 18.1. The van der Waals surface area contributed by atoms with E-state index in [1.54, 1.807) is 25.6 Å². The maximum atomic E-state index is 5.34. The maximum absolute atomic E-state index is 5.34. The van der Waals surface area contributed by atoms with Crippen LogP contribution in [0, 0.1) is 0 Å². The van der Waals surface area contributed by atoms with E-state index < -0.39 is 0 Å². The first-order valence-corrected chi connectivity index (χ1v) is 8.95. The van der Waals surface area contributed by atoms with Gasteiger partial charge in [-0.25, -0.2) is 4.99 Å². The molecule has 0 atom stereocenters. The largest absolute Gasteiger partial charge is 0.493 e. The van der Waals surface area contributed by atoms with Crippen LogP contribution >= 0.6 is 11.3 Å². The average Bonchev–Trinajstić information content (AvgIpc) is 3.13. The molecule has 0 saturated carbocycles. The van der Waals surface area contributed by atoms with Crippen molar-refractivity contribution in [3.05, 3.63) is 46.2 Å². The smallest absolute Gasteiger partial charge is 0.191 e. The molecule has 2 N–H and O–H groups in total. The summed E-state index contributed by atoms with van der Waals surface area (Å²) in [7, 11) is 3.30. The highest BCUT2D eigenvalue weighted by atomic mass is 32.1. The molecule has 0 amide bonds. The summed E-state index contributed by atoms with van der Waals surface area (Å²) in [5, 5.41) is 10.8. The van der Waals surface area contributed by atoms with Crippen molar-refractivity contribution < 1.29 is 9.47 Å². The van der Waals surface area contributed by atoms with Gasteiger partial charge in [-0.3, -0.25) is 0 Å². The molecule has 0 bridgehead atoms. The number of hydrogen-bond donors (Lipinski definition) is 2. The van der Waals surface area contributed by atoms with Crippen molar-refractivity contribution >= 4 is 17.3 Å². The van der Waals surface area contributed by atoms with Crippen molar-refractivity contribution in [2.45, 2.75) is 19.9 Å². The number of hydrogen-bond acceptors (Lipinski definition) is 4. The Morgan fingerprint density at radius 3 is 2.58 bits per heavy atom. The predicted molar refractivity (Wildman–Crippen MR) is 100 cm³/mol. The van der Waals surface area contributed by atoms with Crippen LogP contribution in [0.4, 0.5) is 0 Å². The molecule has 0 aliphatic rings. The number of benzene rings is 1. The second-order valence-electron chi connectivity index (χ2n) is 5.19. The minimum Gasteiger partial charge on any atom is -0.493 e. The van der Waals surface area contributed by atoms with E-state index in [0.29, 0.717) is 6.54 Å². The Labute approximate surface area is 147 Å². The lowest BCUT2D eigenvalue weighted by Crippen LogP contribution is -2.38. The average molecular weight is 347 g/mol. The van der Waals surface area contributed by atoms with E-state index in [1.807, 2.05) is 12.1 Å². The standard InChI is InChI=1S/C18H25N3O2S/c1-4-19-18(21-12-15-8-10-24-13-15)20-9-7-14-5-6-16(22-2)17(11-14)23-3/h5-6,8,10-11,13H,4,7,9,12H2,1-3H3,(H2,19,20,21). The van der Waals surface area contributed by atoms with Gasteiger partial charge in [0.05, 0.1) is 20.8 Å². The van der Waals surface area contributed by atoms with Gasteiger partial charge in [0.25, 0.3) is 0 Å². The lowest BCUT2D eigenvalue weighted by Gasteiger charge is -2.12. The normalized spacial score (nSPS) is 11.2. The van der Waals surface area contributed by atoms with Gasteiger partial charge in [0, 0.05) is 13.1 Å². The molecule has 1 heterocycles. The number of thiophene rings is 1. The van der Waals surface area contributed by atoms with Crippen molar-refractivity contribution in [3.63, 3.8) is 0 Å². The van der Waals surface area contributed by atoms with E-state index in [9.17, 15) is 0 Å². The highest BCUT2D eigenvalue weighted by Crippen LogP contribution is 2.27. The van der Waals surface area contributed by atoms with E-state index in [2.05, 4.69) is 45.4 Å². The second kappa shape index (κ2) is 9.82. The van der Waals surface area contributed by atoms with Crippen LogP contribution in [0.15, 0.2) is 40.0 Å². The number of guanidine groups is 1. The zero-order valence-corrected chi connectivity index (χ0v) is 15.3. The molecule has 0 saturated heterocycles. The van der Waals surface area contributed by atoms with Gasteiger partial charge in [0.15, 0.2) is 17.5 Å². The Morgan fingerprint density at radius 2 is 1.92 bits per heavy atom. The van der Waals surface area contributed by atoms with E-state index in [0.717, 1.165) is 37.0 Å². The molecule has 24 heavy (non-hydrogen) atoms. The molecule has 130 valence electrons. The van der Waals surface area contributed by atoms with E-state index >= 15 is 0 Å². The molecule has 2 aromatic rings. The topological polar surface area (TPSA) is 54.9 Å². The van der Waals surface area contributed by atoms with Crippen molar-refractivity contribution in [2.75, 3.05) is 27.3 Å². The van der Waals surface area contributed by atoms with Crippen molar-refractivity contribution in [1.82, 2.24) is 10.6 Å². The van der Waals surface area contributed by atoms with Gasteiger partial charge in [-0.2, -0.15) is 11.3 Å². The Bertz CT molecular complexity index is 642. The summed E-state index contributed by atoms with van der Waals surface area (Å²) in [6, 6.07) is 8.10. The third-order valence-electron chi connectivity index (χ3n) is 3.50. The first-order valence-electron chi connectivity index (χ1n) is 8.01. The summed E-state index contributed by atoms with van der Waals surface area (Å²) in [4.78, 5) is 4.60. The minimum atomic E-state index is 0.690. The third-order valence-corrected chi connectivity index (χ3v) is 4.23. The van der Waals surface area contributed by atoms with Crippen LogP contribution in [0.1, 0.15) is 18.1 Å². The summed E-state index contributed by atoms with van der Waals surface area (Å²) in [6.07, 6.45) is 0.878. The fourth-order valence-corrected chi connectivity index (χ4v) is 2.92. The van der Waals surface area contributed by atoms with Crippen LogP contribution in [0.25, 0.3) is 0 Å². The first-order chi connectivity index (χ1) is 11.8. The molecule has 1 aromatic heterocycles. The molecule has 6 heteroatoms. The van der Waals surface area contributed by atoms with Crippen LogP contribution in [-0.4, -0.2) is 33.3 Å². The lowest BCUT2D eigenvalue weighted by molar-refractivity contribution is 0.354. The Hall–Kier alpha value is -2.21. The number of ether oxygens (including phenoxy) is 2. The van der Waals surface area contributed by atoms with E-state index in [1.165, 1.54) is 11.1 Å².